The van der Waals surface area contributed by atoms with Crippen LogP contribution in [-0.4, -0.2) is 57.7 Å². The number of aromatic nitrogens is 2. The number of nitrogens with zero attached hydrogens (tertiary/aromatic N) is 4. The number of carbonyl (C=O) groups excluding carboxylic acids is 2. The van der Waals surface area contributed by atoms with E-state index in [4.69, 9.17) is 5.73 Å². The summed E-state index contributed by atoms with van der Waals surface area (Å²) in [5, 5.41) is 4.05. The van der Waals surface area contributed by atoms with Crippen molar-refractivity contribution < 1.29 is 14.0 Å². The number of urea groups is 1. The topological polar surface area (TPSA) is 84.5 Å². The highest BCUT2D eigenvalue weighted by Gasteiger charge is 2.19. The summed E-state index contributed by atoms with van der Waals surface area (Å²) < 4.78 is 16.5. The largest absolute Gasteiger partial charge is 0.351 e. The number of carbonyl (C=O) groups is 2. The van der Waals surface area contributed by atoms with E-state index in [2.05, 4.69) is 21.0 Å². The molecule has 0 aliphatic carbocycles. The van der Waals surface area contributed by atoms with Gasteiger partial charge in [0.2, 0.25) is 5.91 Å². The van der Waals surface area contributed by atoms with Crippen LogP contribution in [0.5, 0.6) is 0 Å². The van der Waals surface area contributed by atoms with Crippen LogP contribution in [0.25, 0.3) is 11.8 Å². The maximum atomic E-state index is 14.3. The van der Waals surface area contributed by atoms with Crippen LogP contribution in [-0.2, 0) is 4.79 Å². The number of hydrogen-bond donors (Lipinski definition) is 1. The van der Waals surface area contributed by atoms with Crippen LogP contribution in [0.2, 0.25) is 0 Å². The molecule has 0 atom stereocenters. The summed E-state index contributed by atoms with van der Waals surface area (Å²) in [7, 11) is 0. The van der Waals surface area contributed by atoms with Crippen molar-refractivity contribution in [2.75, 3.05) is 26.2 Å². The second kappa shape index (κ2) is 8.34. The zero-order valence-corrected chi connectivity index (χ0v) is 16.1. The Balaban J connectivity index is 1.66. The highest BCUT2D eigenvalue weighted by Crippen LogP contribution is 2.18. The smallest absolute Gasteiger partial charge is 0.314 e. The molecule has 1 aromatic carbocycles. The number of rotatable bonds is 3. The van der Waals surface area contributed by atoms with Crippen molar-refractivity contribution in [2.45, 2.75) is 6.42 Å². The quantitative estimate of drug-likeness (QED) is 0.751. The molecule has 1 aliphatic heterocycles. The van der Waals surface area contributed by atoms with Gasteiger partial charge in [-0.3, -0.25) is 4.79 Å². The fourth-order valence-corrected chi connectivity index (χ4v) is 3.16. The van der Waals surface area contributed by atoms with Gasteiger partial charge >= 0.3 is 6.03 Å². The third-order valence-corrected chi connectivity index (χ3v) is 4.72. The third kappa shape index (κ3) is 4.73. The van der Waals surface area contributed by atoms with E-state index in [1.54, 1.807) is 35.5 Å². The highest BCUT2D eigenvalue weighted by atomic mass is 79.9. The molecular formula is C18H19BrFN5O2. The van der Waals surface area contributed by atoms with Gasteiger partial charge in [0, 0.05) is 38.5 Å². The van der Waals surface area contributed by atoms with Crippen LogP contribution in [0.1, 0.15) is 12.0 Å². The van der Waals surface area contributed by atoms with Gasteiger partial charge in [-0.15, -0.1) is 0 Å². The summed E-state index contributed by atoms with van der Waals surface area (Å²) >= 11 is 3.28. The first kappa shape index (κ1) is 19.1. The van der Waals surface area contributed by atoms with Crippen LogP contribution in [0.4, 0.5) is 9.18 Å². The van der Waals surface area contributed by atoms with Gasteiger partial charge in [-0.2, -0.15) is 5.10 Å². The van der Waals surface area contributed by atoms with Crippen LogP contribution in [0.3, 0.4) is 0 Å². The van der Waals surface area contributed by atoms with Crippen LogP contribution < -0.4 is 5.73 Å². The molecule has 3 amide bonds. The Labute approximate surface area is 164 Å². The lowest BCUT2D eigenvalue weighted by Crippen LogP contribution is -2.39. The Morgan fingerprint density at radius 1 is 1.19 bits per heavy atom. The fraction of sp³-hybridized carbons (Fsp3) is 0.278. The molecule has 1 aromatic heterocycles. The van der Waals surface area contributed by atoms with Crippen molar-refractivity contribution >= 4 is 33.9 Å². The number of primary amides is 1. The molecule has 7 nitrogen and oxygen atoms in total. The second-order valence-corrected chi connectivity index (χ2v) is 7.07. The van der Waals surface area contributed by atoms with Crippen molar-refractivity contribution in [2.24, 2.45) is 5.73 Å². The van der Waals surface area contributed by atoms with Crippen molar-refractivity contribution in [1.29, 1.82) is 0 Å². The van der Waals surface area contributed by atoms with Gasteiger partial charge in [-0.25, -0.2) is 13.9 Å². The van der Waals surface area contributed by atoms with Gasteiger partial charge in [0.15, 0.2) is 0 Å². The first-order chi connectivity index (χ1) is 12.9. The molecule has 1 aliphatic rings. The SMILES string of the molecule is NC(=O)N1CCCN(C(=O)/C=C/c2ccc(-n3cc(Br)cn3)c(F)c2)CC1. The summed E-state index contributed by atoms with van der Waals surface area (Å²) in [5.41, 5.74) is 6.18. The van der Waals surface area contributed by atoms with E-state index in [-0.39, 0.29) is 5.91 Å². The second-order valence-electron chi connectivity index (χ2n) is 6.15. The van der Waals surface area contributed by atoms with Gasteiger partial charge in [0.25, 0.3) is 0 Å². The van der Waals surface area contributed by atoms with E-state index < -0.39 is 11.8 Å². The number of halogens is 2. The van der Waals surface area contributed by atoms with E-state index >= 15 is 0 Å². The van der Waals surface area contributed by atoms with Crippen molar-refractivity contribution in [3.8, 4) is 5.69 Å². The molecule has 2 aromatic rings. The zero-order valence-electron chi connectivity index (χ0n) is 14.5. The van der Waals surface area contributed by atoms with E-state index in [1.165, 1.54) is 21.7 Å². The predicted octanol–water partition coefficient (Wildman–Crippen LogP) is 2.40. The maximum absolute atomic E-state index is 14.3. The Bertz CT molecular complexity index is 882. The molecule has 27 heavy (non-hydrogen) atoms. The summed E-state index contributed by atoms with van der Waals surface area (Å²) in [6.45, 7) is 1.93. The zero-order chi connectivity index (χ0) is 19.4. The van der Waals surface area contributed by atoms with Crippen LogP contribution >= 0.6 is 15.9 Å². The lowest BCUT2D eigenvalue weighted by Gasteiger charge is -2.19. The number of nitrogens with two attached hydrogens (primary N) is 1. The molecule has 0 unspecified atom stereocenters. The van der Waals surface area contributed by atoms with Gasteiger partial charge in [-0.05, 0) is 46.1 Å². The molecule has 0 radical (unpaired) electrons. The van der Waals surface area contributed by atoms with Crippen LogP contribution in [0.15, 0.2) is 41.1 Å². The van der Waals surface area contributed by atoms with E-state index in [0.29, 0.717) is 43.9 Å². The highest BCUT2D eigenvalue weighted by molar-refractivity contribution is 9.10. The van der Waals surface area contributed by atoms with Gasteiger partial charge in [0.1, 0.15) is 11.5 Å². The monoisotopic (exact) mass is 435 g/mol. The van der Waals surface area contributed by atoms with E-state index in [1.807, 2.05) is 0 Å². The minimum Gasteiger partial charge on any atom is -0.351 e. The Morgan fingerprint density at radius 2 is 1.93 bits per heavy atom. The molecule has 0 saturated carbocycles. The number of amides is 3. The van der Waals surface area contributed by atoms with Crippen molar-refractivity contribution in [3.05, 3.63) is 52.5 Å². The Morgan fingerprint density at radius 3 is 2.59 bits per heavy atom. The number of hydrogen-bond acceptors (Lipinski definition) is 3. The van der Waals surface area contributed by atoms with Gasteiger partial charge < -0.3 is 15.5 Å². The molecule has 1 fully saturated rings. The summed E-state index contributed by atoms with van der Waals surface area (Å²) in [4.78, 5) is 26.8. The van der Waals surface area contributed by atoms with Gasteiger partial charge in [0.05, 0.1) is 10.7 Å². The average molecular weight is 436 g/mol. The number of benzene rings is 1. The summed E-state index contributed by atoms with van der Waals surface area (Å²) in [5.74, 6) is -0.617. The minimum absolute atomic E-state index is 0.179. The van der Waals surface area contributed by atoms with Gasteiger partial charge in [-0.1, -0.05) is 6.07 Å². The summed E-state index contributed by atoms with van der Waals surface area (Å²) in [6.07, 6.45) is 6.90. The van der Waals surface area contributed by atoms with E-state index in [9.17, 15) is 14.0 Å². The molecule has 1 saturated heterocycles. The molecule has 2 heterocycles. The lowest BCUT2D eigenvalue weighted by molar-refractivity contribution is -0.125. The fourth-order valence-electron chi connectivity index (χ4n) is 2.88. The standard InChI is InChI=1S/C18H19BrFN5O2/c19-14-11-22-25(12-14)16-4-2-13(10-15(16)20)3-5-17(26)23-6-1-7-24(9-8-23)18(21)27/h2-5,10-12H,1,6-9H2,(H2,21,27)/b5-3+. The summed E-state index contributed by atoms with van der Waals surface area (Å²) in [6, 6.07) is 4.20. The molecule has 0 bridgehead atoms. The molecule has 3 rings (SSSR count). The lowest BCUT2D eigenvalue weighted by atomic mass is 10.2. The Kier molecular flexibility index (Phi) is 5.90. The van der Waals surface area contributed by atoms with Crippen molar-refractivity contribution in [3.63, 3.8) is 0 Å². The first-order valence-corrected chi connectivity index (χ1v) is 9.25. The Hall–Kier alpha value is -2.68. The first-order valence-electron chi connectivity index (χ1n) is 8.45. The molecular weight excluding hydrogens is 417 g/mol. The predicted molar refractivity (Wildman–Crippen MR) is 103 cm³/mol. The van der Waals surface area contributed by atoms with Crippen molar-refractivity contribution in [1.82, 2.24) is 19.6 Å². The molecule has 142 valence electrons. The maximum Gasteiger partial charge on any atom is 0.314 e. The minimum atomic E-state index is -0.473. The van der Waals surface area contributed by atoms with Crippen LogP contribution in [0, 0.1) is 5.82 Å². The van der Waals surface area contributed by atoms with E-state index in [0.717, 1.165) is 4.47 Å². The molecule has 9 heteroatoms. The normalized spacial score (nSPS) is 15.2. The average Bonchev–Trinajstić information content (AvgIpc) is 2.91. The molecule has 0 spiro atoms. The third-order valence-electron chi connectivity index (χ3n) is 4.31. The molecule has 2 N–H and O–H groups in total.